The van der Waals surface area contributed by atoms with E-state index in [1.54, 1.807) is 5.57 Å². The zero-order chi connectivity index (χ0) is 27.8. The van der Waals surface area contributed by atoms with Crippen molar-refractivity contribution in [3.63, 3.8) is 0 Å². The molecule has 3 heteroatoms. The molecule has 8 atom stereocenters. The highest BCUT2D eigenvalue weighted by molar-refractivity contribution is 9.12. The summed E-state index contributed by atoms with van der Waals surface area (Å²) in [6.07, 6.45) is 18.6. The molecular formula is C36H51BrO2. The monoisotopic (exact) mass is 594 g/mol. The van der Waals surface area contributed by atoms with Gasteiger partial charge in [-0.25, -0.2) is 4.79 Å². The number of halogens is 1. The van der Waals surface area contributed by atoms with Crippen molar-refractivity contribution in [3.8, 4) is 0 Å². The topological polar surface area (TPSA) is 26.3 Å². The average molecular weight is 596 g/mol. The molecule has 0 aliphatic heterocycles. The quantitative estimate of drug-likeness (QED) is 0.170. The number of carbonyl (C=O) groups is 1. The predicted octanol–water partition coefficient (Wildman–Crippen LogP) is 10.4. The van der Waals surface area contributed by atoms with Crippen LogP contribution in [0.25, 0.3) is 6.08 Å². The third-order valence-corrected chi connectivity index (χ3v) is 12.4. The fourth-order valence-electron chi connectivity index (χ4n) is 9.71. The van der Waals surface area contributed by atoms with Crippen molar-refractivity contribution < 1.29 is 9.53 Å². The molecule has 5 unspecified atom stereocenters. The first-order valence-electron chi connectivity index (χ1n) is 15.9. The van der Waals surface area contributed by atoms with E-state index in [4.69, 9.17) is 4.74 Å². The maximum absolute atomic E-state index is 12.9. The third-order valence-electron chi connectivity index (χ3n) is 11.8. The minimum Gasteiger partial charge on any atom is -0.458 e. The van der Waals surface area contributed by atoms with E-state index in [-0.39, 0.29) is 17.5 Å². The van der Waals surface area contributed by atoms with Gasteiger partial charge in [0.2, 0.25) is 0 Å². The van der Waals surface area contributed by atoms with Gasteiger partial charge in [-0.1, -0.05) is 95.9 Å². The van der Waals surface area contributed by atoms with Crippen molar-refractivity contribution in [3.05, 3.63) is 52.0 Å². The second-order valence-corrected chi connectivity index (χ2v) is 15.3. The van der Waals surface area contributed by atoms with Crippen molar-refractivity contribution in [1.29, 1.82) is 0 Å². The Hall–Kier alpha value is -1.35. The van der Waals surface area contributed by atoms with E-state index in [0.29, 0.717) is 9.90 Å². The van der Waals surface area contributed by atoms with Crippen molar-refractivity contribution in [1.82, 2.24) is 0 Å². The number of benzene rings is 1. The van der Waals surface area contributed by atoms with Crippen LogP contribution in [-0.2, 0) is 9.53 Å². The molecule has 4 aliphatic carbocycles. The predicted molar refractivity (Wildman–Crippen MR) is 166 cm³/mol. The summed E-state index contributed by atoms with van der Waals surface area (Å²) in [5.74, 6) is 4.88. The highest BCUT2D eigenvalue weighted by Crippen LogP contribution is 2.67. The maximum atomic E-state index is 12.9. The zero-order valence-corrected chi connectivity index (χ0v) is 26.6. The molecule has 214 valence electrons. The van der Waals surface area contributed by atoms with Crippen LogP contribution in [0.3, 0.4) is 0 Å². The van der Waals surface area contributed by atoms with E-state index < -0.39 is 0 Å². The molecule has 1 aromatic rings. The van der Waals surface area contributed by atoms with Crippen LogP contribution in [0.4, 0.5) is 0 Å². The van der Waals surface area contributed by atoms with Gasteiger partial charge in [-0.2, -0.15) is 0 Å². The molecule has 0 heterocycles. The molecule has 4 aliphatic rings. The summed E-state index contributed by atoms with van der Waals surface area (Å²) >= 11 is 3.47. The Kier molecular flexibility index (Phi) is 8.87. The van der Waals surface area contributed by atoms with Crippen molar-refractivity contribution >= 4 is 28.0 Å². The Bertz CT molecular complexity index is 1070. The Morgan fingerprint density at radius 3 is 2.54 bits per heavy atom. The van der Waals surface area contributed by atoms with E-state index in [9.17, 15) is 4.79 Å². The Labute approximate surface area is 246 Å². The first kappa shape index (κ1) is 29.2. The van der Waals surface area contributed by atoms with Crippen LogP contribution in [-0.4, -0.2) is 12.1 Å². The van der Waals surface area contributed by atoms with Gasteiger partial charge < -0.3 is 4.74 Å². The molecule has 0 bridgehead atoms. The number of esters is 1. The van der Waals surface area contributed by atoms with Crippen molar-refractivity contribution in [2.75, 3.05) is 0 Å². The lowest BCUT2D eigenvalue weighted by Gasteiger charge is -2.58. The average Bonchev–Trinajstić information content (AvgIpc) is 3.26. The smallest absolute Gasteiger partial charge is 0.345 e. The van der Waals surface area contributed by atoms with Gasteiger partial charge >= 0.3 is 5.97 Å². The Morgan fingerprint density at radius 1 is 1.03 bits per heavy atom. The largest absolute Gasteiger partial charge is 0.458 e. The van der Waals surface area contributed by atoms with Crippen LogP contribution in [0.2, 0.25) is 0 Å². The molecule has 0 aromatic heterocycles. The first-order chi connectivity index (χ1) is 18.6. The van der Waals surface area contributed by atoms with Gasteiger partial charge in [0.05, 0.1) is 0 Å². The minimum absolute atomic E-state index is 0.0125. The molecule has 0 saturated heterocycles. The van der Waals surface area contributed by atoms with Gasteiger partial charge in [-0.15, -0.1) is 0 Å². The first-order valence-corrected chi connectivity index (χ1v) is 16.7. The zero-order valence-electron chi connectivity index (χ0n) is 25.1. The molecule has 0 spiro atoms. The second kappa shape index (κ2) is 11.9. The van der Waals surface area contributed by atoms with Crippen LogP contribution >= 0.6 is 15.9 Å². The number of rotatable bonds is 8. The summed E-state index contributed by atoms with van der Waals surface area (Å²) in [4.78, 5) is 12.9. The maximum Gasteiger partial charge on any atom is 0.345 e. The number of hydrogen-bond acceptors (Lipinski definition) is 2. The summed E-state index contributed by atoms with van der Waals surface area (Å²) in [6.45, 7) is 12.5. The Balaban J connectivity index is 1.23. The second-order valence-electron chi connectivity index (χ2n) is 14.5. The summed E-state index contributed by atoms with van der Waals surface area (Å²) in [6, 6.07) is 9.95. The van der Waals surface area contributed by atoms with Gasteiger partial charge in [0, 0.05) is 6.42 Å². The highest BCUT2D eigenvalue weighted by Gasteiger charge is 2.59. The summed E-state index contributed by atoms with van der Waals surface area (Å²) in [5.41, 5.74) is 3.40. The van der Waals surface area contributed by atoms with Gasteiger partial charge in [0.25, 0.3) is 0 Å². The normalized spacial score (nSPS) is 36.9. The fraction of sp³-hybridized carbons (Fsp3) is 0.694. The molecule has 3 fully saturated rings. The molecule has 5 rings (SSSR count). The van der Waals surface area contributed by atoms with Gasteiger partial charge in [0.1, 0.15) is 10.6 Å². The summed E-state index contributed by atoms with van der Waals surface area (Å²) < 4.78 is 6.53. The van der Waals surface area contributed by atoms with Gasteiger partial charge in [-0.3, -0.25) is 0 Å². The van der Waals surface area contributed by atoms with E-state index >= 15 is 0 Å². The lowest BCUT2D eigenvalue weighted by Crippen LogP contribution is -2.51. The summed E-state index contributed by atoms with van der Waals surface area (Å²) in [5, 5.41) is 0. The van der Waals surface area contributed by atoms with E-state index in [0.717, 1.165) is 60.3 Å². The van der Waals surface area contributed by atoms with Crippen LogP contribution in [0.5, 0.6) is 0 Å². The van der Waals surface area contributed by atoms with Crippen LogP contribution in [0.1, 0.15) is 111 Å². The molecule has 2 nitrogen and oxygen atoms in total. The standard InChI is InChI=1S/C36H51BrO2/c1-24(2)10-9-11-25(3)30-16-17-31-29-15-14-27-23-28(18-20-35(27,4)32(29)19-21-36(30,31)5)39-34(38)33(37)22-26-12-7-6-8-13-26/h6-8,12-14,22,24-25,28-32H,9-11,15-21,23H2,1-5H3/b33-22-/t25?,28-,29?,30?,31?,32?,35-,36+/m0/s1. The number of hydrogen-bond donors (Lipinski definition) is 0. The Morgan fingerprint density at radius 2 is 1.79 bits per heavy atom. The van der Waals surface area contributed by atoms with E-state index in [1.165, 1.54) is 51.4 Å². The van der Waals surface area contributed by atoms with E-state index in [1.807, 2.05) is 36.4 Å². The fourth-order valence-corrected chi connectivity index (χ4v) is 10.1. The molecule has 0 amide bonds. The van der Waals surface area contributed by atoms with Gasteiger partial charge in [-0.05, 0) is 119 Å². The number of allylic oxidation sites excluding steroid dienone is 1. The molecule has 3 saturated carbocycles. The van der Waals surface area contributed by atoms with Gasteiger partial charge in [0.15, 0.2) is 0 Å². The lowest BCUT2D eigenvalue weighted by molar-refractivity contribution is -0.145. The van der Waals surface area contributed by atoms with Crippen LogP contribution in [0, 0.1) is 46.3 Å². The van der Waals surface area contributed by atoms with Crippen LogP contribution in [0.15, 0.2) is 46.5 Å². The van der Waals surface area contributed by atoms with Crippen molar-refractivity contribution in [2.45, 2.75) is 111 Å². The molecule has 0 radical (unpaired) electrons. The number of carbonyl (C=O) groups excluding carboxylic acids is 1. The molecule has 39 heavy (non-hydrogen) atoms. The van der Waals surface area contributed by atoms with E-state index in [2.05, 4.69) is 56.6 Å². The molecular weight excluding hydrogens is 544 g/mol. The van der Waals surface area contributed by atoms with Crippen LogP contribution < -0.4 is 0 Å². The molecule has 0 N–H and O–H groups in total. The number of ether oxygens (including phenoxy) is 1. The molecule has 1 aromatic carbocycles. The summed E-state index contributed by atoms with van der Waals surface area (Å²) in [7, 11) is 0. The minimum atomic E-state index is -0.241. The lowest BCUT2D eigenvalue weighted by atomic mass is 9.47. The number of fused-ring (bicyclic) bond motifs is 5. The van der Waals surface area contributed by atoms with Crippen molar-refractivity contribution in [2.24, 2.45) is 46.3 Å². The SMILES string of the molecule is CC(C)CCCC(C)C1CCC2C3CC=C4C[C@@H](OC(=O)/C(Br)=C/c5ccccc5)CC[C@]4(C)C3CC[C@]12C. The highest BCUT2D eigenvalue weighted by atomic mass is 79.9. The third kappa shape index (κ3) is 5.86.